The maximum atomic E-state index is 11.9. The van der Waals surface area contributed by atoms with Crippen LogP contribution in [0.4, 0.5) is 5.69 Å². The van der Waals surface area contributed by atoms with Gasteiger partial charge in [0.05, 0.1) is 18.7 Å². The largest absolute Gasteiger partial charge is 0.492 e. The molecule has 2 aromatic rings. The number of tetrazole rings is 1. The molecule has 1 amide bonds. The van der Waals surface area contributed by atoms with Gasteiger partial charge in [0.2, 0.25) is 5.91 Å². The third kappa shape index (κ3) is 3.27. The molecule has 0 atom stereocenters. The zero-order valence-electron chi connectivity index (χ0n) is 10.8. The minimum atomic E-state index is -0.190. The minimum absolute atomic E-state index is 0.115. The number of aromatic nitrogens is 4. The van der Waals surface area contributed by atoms with Crippen molar-refractivity contribution in [2.24, 2.45) is 7.05 Å². The van der Waals surface area contributed by atoms with Gasteiger partial charge in [0.1, 0.15) is 5.75 Å². The molecule has 0 bridgehead atoms. The molecule has 0 saturated heterocycles. The Morgan fingerprint density at radius 2 is 2.21 bits per heavy atom. The molecule has 0 aliphatic heterocycles. The van der Waals surface area contributed by atoms with Crippen molar-refractivity contribution in [2.45, 2.75) is 13.3 Å². The van der Waals surface area contributed by atoms with Crippen LogP contribution in [-0.4, -0.2) is 32.7 Å². The number of nitrogens with one attached hydrogen (secondary N) is 1. The van der Waals surface area contributed by atoms with Gasteiger partial charge in [0, 0.05) is 7.05 Å². The summed E-state index contributed by atoms with van der Waals surface area (Å²) < 4.78 is 6.90. The van der Waals surface area contributed by atoms with Crippen molar-refractivity contribution in [3.8, 4) is 5.75 Å². The Bertz CT molecular complexity index is 567. The molecule has 2 rings (SSSR count). The molecule has 1 aromatic carbocycles. The van der Waals surface area contributed by atoms with Gasteiger partial charge in [-0.1, -0.05) is 12.1 Å². The summed E-state index contributed by atoms with van der Waals surface area (Å²) in [5.74, 6) is 0.964. The number of hydrogen-bond donors (Lipinski definition) is 1. The van der Waals surface area contributed by atoms with Crippen LogP contribution in [-0.2, 0) is 18.3 Å². The molecule has 1 aromatic heterocycles. The van der Waals surface area contributed by atoms with Crippen molar-refractivity contribution >= 4 is 11.6 Å². The Hall–Kier alpha value is -2.44. The monoisotopic (exact) mass is 261 g/mol. The summed E-state index contributed by atoms with van der Waals surface area (Å²) in [4.78, 5) is 11.9. The van der Waals surface area contributed by atoms with E-state index in [1.54, 1.807) is 13.1 Å². The molecule has 1 heterocycles. The first-order valence-electron chi connectivity index (χ1n) is 5.93. The molecule has 1 N–H and O–H groups in total. The lowest BCUT2D eigenvalue weighted by molar-refractivity contribution is -0.115. The van der Waals surface area contributed by atoms with Gasteiger partial charge in [-0.05, 0) is 29.5 Å². The topological polar surface area (TPSA) is 81.9 Å². The Morgan fingerprint density at radius 1 is 1.42 bits per heavy atom. The van der Waals surface area contributed by atoms with Gasteiger partial charge in [-0.25, -0.2) is 4.68 Å². The van der Waals surface area contributed by atoms with Crippen LogP contribution in [0.25, 0.3) is 0 Å². The van der Waals surface area contributed by atoms with E-state index in [4.69, 9.17) is 4.74 Å². The highest BCUT2D eigenvalue weighted by atomic mass is 16.5. The molecular formula is C12H15N5O2. The fraction of sp³-hybridized carbons (Fsp3) is 0.333. The second kappa shape index (κ2) is 5.94. The zero-order chi connectivity index (χ0) is 13.7. The number of amides is 1. The third-order valence-corrected chi connectivity index (χ3v) is 2.49. The number of aryl methyl sites for hydroxylation is 1. The average molecular weight is 261 g/mol. The number of para-hydroxylation sites is 2. The predicted octanol–water partition coefficient (Wildman–Crippen LogP) is 0.790. The number of ether oxygens (including phenoxy) is 1. The fourth-order valence-electron chi connectivity index (χ4n) is 1.59. The quantitative estimate of drug-likeness (QED) is 0.860. The smallest absolute Gasteiger partial charge is 0.232 e. The van der Waals surface area contributed by atoms with Crippen molar-refractivity contribution in [3.05, 3.63) is 30.1 Å². The molecule has 0 saturated carbocycles. The summed E-state index contributed by atoms with van der Waals surface area (Å²) in [6, 6.07) is 7.29. The summed E-state index contributed by atoms with van der Waals surface area (Å²) in [5.41, 5.74) is 0.643. The molecule has 0 aliphatic rings. The van der Waals surface area contributed by atoms with Crippen molar-refractivity contribution in [1.29, 1.82) is 0 Å². The number of rotatable bonds is 5. The first kappa shape index (κ1) is 13.0. The van der Waals surface area contributed by atoms with Crippen LogP contribution >= 0.6 is 0 Å². The van der Waals surface area contributed by atoms with Crippen LogP contribution in [0.1, 0.15) is 12.7 Å². The Labute approximate surface area is 110 Å². The molecular weight excluding hydrogens is 246 g/mol. The van der Waals surface area contributed by atoms with Crippen LogP contribution < -0.4 is 10.1 Å². The zero-order valence-corrected chi connectivity index (χ0v) is 10.8. The third-order valence-electron chi connectivity index (χ3n) is 2.49. The van der Waals surface area contributed by atoms with Gasteiger partial charge in [-0.15, -0.1) is 5.10 Å². The summed E-state index contributed by atoms with van der Waals surface area (Å²) in [7, 11) is 1.69. The standard InChI is InChI=1S/C12H15N5O2/c1-3-19-10-7-5-4-6-9(10)13-12(18)8-11-14-15-16-17(11)2/h4-7H,3,8H2,1-2H3,(H,13,18). The summed E-state index contributed by atoms with van der Waals surface area (Å²) >= 11 is 0. The van der Waals surface area contributed by atoms with Crippen molar-refractivity contribution in [3.63, 3.8) is 0 Å². The van der Waals surface area contributed by atoms with Crippen molar-refractivity contribution in [2.75, 3.05) is 11.9 Å². The highest BCUT2D eigenvalue weighted by Gasteiger charge is 2.11. The number of nitrogens with zero attached hydrogens (tertiary/aromatic N) is 4. The average Bonchev–Trinajstić information content (AvgIpc) is 2.78. The lowest BCUT2D eigenvalue weighted by atomic mass is 10.2. The predicted molar refractivity (Wildman–Crippen MR) is 68.7 cm³/mol. The SMILES string of the molecule is CCOc1ccccc1NC(=O)Cc1nnnn1C. The molecule has 7 nitrogen and oxygen atoms in total. The lowest BCUT2D eigenvalue weighted by Crippen LogP contribution is -2.17. The van der Waals surface area contributed by atoms with E-state index in [0.29, 0.717) is 23.9 Å². The van der Waals surface area contributed by atoms with Crippen molar-refractivity contribution < 1.29 is 9.53 Å². The van der Waals surface area contributed by atoms with Gasteiger partial charge < -0.3 is 10.1 Å². The van der Waals surface area contributed by atoms with E-state index in [1.807, 2.05) is 25.1 Å². The van der Waals surface area contributed by atoms with Crippen LogP contribution in [0.2, 0.25) is 0 Å². The Balaban J connectivity index is 2.05. The molecule has 0 fully saturated rings. The Morgan fingerprint density at radius 3 is 2.89 bits per heavy atom. The summed E-state index contributed by atoms with van der Waals surface area (Å²) in [6.07, 6.45) is 0.115. The summed E-state index contributed by atoms with van der Waals surface area (Å²) in [6.45, 7) is 2.43. The van der Waals surface area contributed by atoms with E-state index in [9.17, 15) is 4.79 Å². The van der Waals surface area contributed by atoms with E-state index in [2.05, 4.69) is 20.8 Å². The van der Waals surface area contributed by atoms with Crippen molar-refractivity contribution in [1.82, 2.24) is 20.2 Å². The maximum absolute atomic E-state index is 11.9. The number of anilines is 1. The van der Waals surface area contributed by atoms with Gasteiger partial charge in [0.25, 0.3) is 0 Å². The second-order valence-electron chi connectivity index (χ2n) is 3.87. The molecule has 0 spiro atoms. The maximum Gasteiger partial charge on any atom is 0.232 e. The van der Waals surface area contributed by atoms with Crippen LogP contribution in [0, 0.1) is 0 Å². The van der Waals surface area contributed by atoms with E-state index in [1.165, 1.54) is 4.68 Å². The highest BCUT2D eigenvalue weighted by molar-refractivity contribution is 5.93. The van der Waals surface area contributed by atoms with Gasteiger partial charge in [0.15, 0.2) is 5.82 Å². The first-order valence-corrected chi connectivity index (χ1v) is 5.93. The first-order chi connectivity index (χ1) is 9.20. The van der Waals surface area contributed by atoms with E-state index >= 15 is 0 Å². The van der Waals surface area contributed by atoms with Crippen LogP contribution in [0.5, 0.6) is 5.75 Å². The molecule has 0 radical (unpaired) electrons. The molecule has 7 heteroatoms. The molecule has 100 valence electrons. The van der Waals surface area contributed by atoms with Crippen LogP contribution in [0.15, 0.2) is 24.3 Å². The summed E-state index contributed by atoms with van der Waals surface area (Å²) in [5, 5.41) is 13.7. The highest BCUT2D eigenvalue weighted by Crippen LogP contribution is 2.23. The number of hydrogen-bond acceptors (Lipinski definition) is 5. The van der Waals surface area contributed by atoms with Gasteiger partial charge in [-0.2, -0.15) is 0 Å². The normalized spacial score (nSPS) is 10.2. The lowest BCUT2D eigenvalue weighted by Gasteiger charge is -2.10. The van der Waals surface area contributed by atoms with E-state index in [0.717, 1.165) is 0 Å². The molecule has 0 aliphatic carbocycles. The van der Waals surface area contributed by atoms with Gasteiger partial charge >= 0.3 is 0 Å². The Kier molecular flexibility index (Phi) is 4.07. The number of carbonyl (C=O) groups is 1. The molecule has 0 unspecified atom stereocenters. The molecule has 19 heavy (non-hydrogen) atoms. The second-order valence-corrected chi connectivity index (χ2v) is 3.87. The van der Waals surface area contributed by atoms with Gasteiger partial charge in [-0.3, -0.25) is 4.79 Å². The minimum Gasteiger partial charge on any atom is -0.492 e. The number of benzene rings is 1. The van der Waals surface area contributed by atoms with E-state index < -0.39 is 0 Å². The van der Waals surface area contributed by atoms with Crippen LogP contribution in [0.3, 0.4) is 0 Å². The van der Waals surface area contributed by atoms with E-state index in [-0.39, 0.29) is 12.3 Å². The fourth-order valence-corrected chi connectivity index (χ4v) is 1.59. The number of carbonyl (C=O) groups excluding carboxylic acids is 1.